The average Bonchev–Trinajstić information content (AvgIpc) is 2.57. The van der Waals surface area contributed by atoms with Gasteiger partial charge >= 0.3 is 6.18 Å². The van der Waals surface area contributed by atoms with Gasteiger partial charge in [-0.05, 0) is 18.9 Å². The molecule has 0 bridgehead atoms. The summed E-state index contributed by atoms with van der Waals surface area (Å²) in [6, 6.07) is 0. The fourth-order valence-electron chi connectivity index (χ4n) is 1.81. The van der Waals surface area contributed by atoms with Crippen molar-refractivity contribution >= 4 is 0 Å². The van der Waals surface area contributed by atoms with E-state index in [1.54, 1.807) is 4.68 Å². The van der Waals surface area contributed by atoms with E-state index in [9.17, 15) is 13.2 Å². The molecule has 6 heteroatoms. The number of aryl methyl sites for hydroxylation is 1. The second kappa shape index (κ2) is 6.22. The van der Waals surface area contributed by atoms with Crippen LogP contribution in [-0.2, 0) is 13.6 Å². The third-order valence-corrected chi connectivity index (χ3v) is 2.61. The van der Waals surface area contributed by atoms with Crippen LogP contribution in [0.1, 0.15) is 43.9 Å². The van der Waals surface area contributed by atoms with E-state index >= 15 is 0 Å². The van der Waals surface area contributed by atoms with Gasteiger partial charge in [0.2, 0.25) is 0 Å². The summed E-state index contributed by atoms with van der Waals surface area (Å²) >= 11 is 0. The Balaban J connectivity index is 2.35. The Bertz CT molecular complexity index is 369. The largest absolute Gasteiger partial charge is 0.389 e. The first kappa shape index (κ1) is 15.0. The molecule has 0 amide bonds. The van der Waals surface area contributed by atoms with Gasteiger partial charge in [0.05, 0.1) is 5.69 Å². The highest BCUT2D eigenvalue weighted by Gasteiger charge is 2.25. The predicted octanol–water partition coefficient (Wildman–Crippen LogP) is 2.98. The predicted molar refractivity (Wildman–Crippen MR) is 64.3 cm³/mol. The number of aromatic nitrogens is 2. The van der Waals surface area contributed by atoms with Crippen LogP contribution in [0.4, 0.5) is 13.2 Å². The Morgan fingerprint density at radius 2 is 2.06 bits per heavy atom. The molecule has 0 unspecified atom stereocenters. The van der Waals surface area contributed by atoms with E-state index in [4.69, 9.17) is 0 Å². The molecule has 0 saturated carbocycles. The number of hydrogen-bond acceptors (Lipinski definition) is 2. The van der Waals surface area contributed by atoms with Crippen LogP contribution in [0.25, 0.3) is 0 Å². The molecule has 0 spiro atoms. The summed E-state index contributed by atoms with van der Waals surface area (Å²) in [4.78, 5) is 0. The first-order valence-corrected chi connectivity index (χ1v) is 6.09. The van der Waals surface area contributed by atoms with Gasteiger partial charge in [0, 0.05) is 31.8 Å². The first-order valence-electron chi connectivity index (χ1n) is 6.09. The third kappa shape index (κ3) is 5.08. The maximum Gasteiger partial charge on any atom is 0.389 e. The van der Waals surface area contributed by atoms with Crippen LogP contribution >= 0.6 is 0 Å². The van der Waals surface area contributed by atoms with Crippen molar-refractivity contribution in [1.82, 2.24) is 15.1 Å². The lowest BCUT2D eigenvalue weighted by atomic mass is 10.1. The summed E-state index contributed by atoms with van der Waals surface area (Å²) in [6.07, 6.45) is -2.77. The normalized spacial score (nSPS) is 12.4. The maximum absolute atomic E-state index is 11.9. The van der Waals surface area contributed by atoms with Crippen molar-refractivity contribution in [3.63, 3.8) is 0 Å². The van der Waals surface area contributed by atoms with E-state index in [-0.39, 0.29) is 6.42 Å². The van der Waals surface area contributed by atoms with Gasteiger partial charge in [0.25, 0.3) is 0 Å². The van der Waals surface area contributed by atoms with E-state index < -0.39 is 12.6 Å². The number of hydrogen-bond donors (Lipinski definition) is 1. The molecule has 0 aliphatic rings. The molecule has 1 N–H and O–H groups in total. The monoisotopic (exact) mass is 263 g/mol. The number of nitrogens with zero attached hydrogens (tertiary/aromatic N) is 2. The van der Waals surface area contributed by atoms with Gasteiger partial charge in [-0.1, -0.05) is 13.8 Å². The minimum Gasteiger partial charge on any atom is -0.313 e. The van der Waals surface area contributed by atoms with Gasteiger partial charge in [-0.15, -0.1) is 0 Å². The molecule has 18 heavy (non-hydrogen) atoms. The Morgan fingerprint density at radius 3 is 2.61 bits per heavy atom. The lowest BCUT2D eigenvalue weighted by molar-refractivity contribution is -0.135. The highest BCUT2D eigenvalue weighted by atomic mass is 19.4. The summed E-state index contributed by atoms with van der Waals surface area (Å²) in [5, 5.41) is 7.37. The Kier molecular flexibility index (Phi) is 5.19. The van der Waals surface area contributed by atoms with Crippen molar-refractivity contribution in [2.75, 3.05) is 6.54 Å². The zero-order chi connectivity index (χ0) is 13.8. The number of rotatable bonds is 6. The van der Waals surface area contributed by atoms with Crippen LogP contribution in [-0.4, -0.2) is 22.5 Å². The molecule has 0 radical (unpaired) electrons. The van der Waals surface area contributed by atoms with Crippen molar-refractivity contribution in [3.05, 3.63) is 17.5 Å². The van der Waals surface area contributed by atoms with Crippen LogP contribution in [0.2, 0.25) is 0 Å². The van der Waals surface area contributed by atoms with Crippen LogP contribution in [0.15, 0.2) is 6.20 Å². The van der Waals surface area contributed by atoms with Crippen LogP contribution in [0, 0.1) is 0 Å². The molecular formula is C12H20F3N3. The molecule has 104 valence electrons. The molecule has 0 aromatic carbocycles. The van der Waals surface area contributed by atoms with Gasteiger partial charge in [-0.2, -0.15) is 18.3 Å². The molecule has 0 aliphatic heterocycles. The SMILES string of the molecule is CC(C)c1nn(C)cc1CNCCCC(F)(F)F. The molecule has 1 rings (SSSR count). The molecule has 0 atom stereocenters. The number of halogens is 3. The molecule has 0 aliphatic carbocycles. The van der Waals surface area contributed by atoms with E-state index in [1.165, 1.54) is 0 Å². The molecule has 3 nitrogen and oxygen atoms in total. The van der Waals surface area contributed by atoms with Crippen LogP contribution in [0.3, 0.4) is 0 Å². The highest BCUT2D eigenvalue weighted by molar-refractivity contribution is 5.19. The second-order valence-corrected chi connectivity index (χ2v) is 4.76. The molecule has 0 saturated heterocycles. The molecular weight excluding hydrogens is 243 g/mol. The fourth-order valence-corrected chi connectivity index (χ4v) is 1.81. The minimum absolute atomic E-state index is 0.112. The second-order valence-electron chi connectivity index (χ2n) is 4.76. The van der Waals surface area contributed by atoms with Crippen LogP contribution in [0.5, 0.6) is 0 Å². The maximum atomic E-state index is 11.9. The van der Waals surface area contributed by atoms with Gasteiger partial charge in [-0.25, -0.2) is 0 Å². The van der Waals surface area contributed by atoms with Gasteiger partial charge in [0.1, 0.15) is 0 Å². The van der Waals surface area contributed by atoms with Crippen molar-refractivity contribution in [1.29, 1.82) is 0 Å². The number of nitrogens with one attached hydrogen (secondary N) is 1. The minimum atomic E-state index is -4.06. The summed E-state index contributed by atoms with van der Waals surface area (Å²) in [5.41, 5.74) is 2.06. The third-order valence-electron chi connectivity index (χ3n) is 2.61. The van der Waals surface area contributed by atoms with Crippen LogP contribution < -0.4 is 5.32 Å². The van der Waals surface area contributed by atoms with Gasteiger partial charge in [-0.3, -0.25) is 4.68 Å². The zero-order valence-electron chi connectivity index (χ0n) is 11.0. The lowest BCUT2D eigenvalue weighted by Gasteiger charge is -2.08. The first-order chi connectivity index (χ1) is 8.29. The molecule has 0 fully saturated rings. The standard InChI is InChI=1S/C12H20F3N3/c1-9(2)11-10(8-18(3)17-11)7-16-6-4-5-12(13,14)15/h8-9,16H,4-7H2,1-3H3. The van der Waals surface area contributed by atoms with Crippen molar-refractivity contribution < 1.29 is 13.2 Å². The number of alkyl halides is 3. The van der Waals surface area contributed by atoms with Gasteiger partial charge in [0.15, 0.2) is 0 Å². The smallest absolute Gasteiger partial charge is 0.313 e. The summed E-state index contributed by atoms with van der Waals surface area (Å²) < 4.78 is 37.6. The summed E-state index contributed by atoms with van der Waals surface area (Å²) in [5.74, 6) is 0.318. The molecule has 1 heterocycles. The average molecular weight is 263 g/mol. The molecule has 1 aromatic rings. The topological polar surface area (TPSA) is 29.9 Å². The Labute approximate surface area is 105 Å². The van der Waals surface area contributed by atoms with E-state index in [0.717, 1.165) is 11.3 Å². The van der Waals surface area contributed by atoms with Crippen molar-refractivity contribution in [3.8, 4) is 0 Å². The van der Waals surface area contributed by atoms with E-state index in [1.807, 2.05) is 13.2 Å². The summed E-state index contributed by atoms with van der Waals surface area (Å²) in [7, 11) is 1.85. The zero-order valence-corrected chi connectivity index (χ0v) is 11.0. The quantitative estimate of drug-likeness (QED) is 0.800. The summed E-state index contributed by atoms with van der Waals surface area (Å²) in [6.45, 7) is 5.04. The van der Waals surface area contributed by atoms with Crippen molar-refractivity contribution in [2.45, 2.75) is 45.3 Å². The van der Waals surface area contributed by atoms with E-state index in [0.29, 0.717) is 19.0 Å². The van der Waals surface area contributed by atoms with E-state index in [2.05, 4.69) is 24.3 Å². The highest BCUT2D eigenvalue weighted by Crippen LogP contribution is 2.21. The fraction of sp³-hybridized carbons (Fsp3) is 0.750. The Hall–Kier alpha value is -1.04. The lowest BCUT2D eigenvalue weighted by Crippen LogP contribution is -2.18. The van der Waals surface area contributed by atoms with Gasteiger partial charge < -0.3 is 5.32 Å². The Morgan fingerprint density at radius 1 is 1.39 bits per heavy atom. The molecule has 1 aromatic heterocycles. The van der Waals surface area contributed by atoms with Crippen molar-refractivity contribution in [2.24, 2.45) is 7.05 Å².